The molecule has 0 aliphatic rings. The van der Waals surface area contributed by atoms with Crippen LogP contribution in [0.1, 0.15) is 6.92 Å². The first-order valence-electron chi connectivity index (χ1n) is 5.16. The molecule has 0 spiro atoms. The van der Waals surface area contributed by atoms with Crippen LogP contribution in [0.5, 0.6) is 0 Å². The minimum atomic E-state index is 0.123. The third-order valence-corrected chi connectivity index (χ3v) is 2.25. The summed E-state index contributed by atoms with van der Waals surface area (Å²) >= 11 is 0. The second-order valence-electron chi connectivity index (χ2n) is 3.35. The first kappa shape index (κ1) is 11.7. The number of nitrogens with zero attached hydrogens (tertiary/aromatic N) is 3. The quantitative estimate of drug-likeness (QED) is 0.670. The summed E-state index contributed by atoms with van der Waals surface area (Å²) < 4.78 is 1.83. The maximum atomic E-state index is 11.4. The van der Waals surface area contributed by atoms with Crippen molar-refractivity contribution in [3.8, 4) is 0 Å². The van der Waals surface area contributed by atoms with Crippen molar-refractivity contribution in [1.29, 1.82) is 0 Å². The van der Waals surface area contributed by atoms with Gasteiger partial charge in [-0.15, -0.1) is 0 Å². The Labute approximate surface area is 90.1 Å². The molecule has 15 heavy (non-hydrogen) atoms. The largest absolute Gasteiger partial charge is 0.345 e. The van der Waals surface area contributed by atoms with Gasteiger partial charge in [0.2, 0.25) is 5.91 Å². The third kappa shape index (κ3) is 4.12. The van der Waals surface area contributed by atoms with E-state index in [-0.39, 0.29) is 5.91 Å². The van der Waals surface area contributed by atoms with E-state index in [9.17, 15) is 4.79 Å². The Hall–Kier alpha value is -1.36. The number of nitrogens with one attached hydrogen (secondary N) is 1. The van der Waals surface area contributed by atoms with Crippen molar-refractivity contribution < 1.29 is 4.79 Å². The maximum absolute atomic E-state index is 11.4. The number of likely N-dealkylation sites (N-methyl/N-ethyl adjacent to an activating group) is 1. The van der Waals surface area contributed by atoms with Crippen LogP contribution in [0.3, 0.4) is 0 Å². The summed E-state index contributed by atoms with van der Waals surface area (Å²) in [5.41, 5.74) is 0. The molecule has 84 valence electrons. The molecule has 5 nitrogen and oxygen atoms in total. The fraction of sp³-hybridized carbons (Fsp3) is 0.600. The van der Waals surface area contributed by atoms with Crippen LogP contribution in [-0.4, -0.2) is 47.3 Å². The van der Waals surface area contributed by atoms with Crippen LogP contribution in [0.15, 0.2) is 18.5 Å². The lowest BCUT2D eigenvalue weighted by molar-refractivity contribution is -0.128. The highest BCUT2D eigenvalue weighted by atomic mass is 16.2. The molecule has 1 N–H and O–H groups in total. The molecule has 5 heteroatoms. The molecule has 1 aromatic heterocycles. The minimum absolute atomic E-state index is 0.123. The van der Waals surface area contributed by atoms with E-state index < -0.39 is 0 Å². The van der Waals surface area contributed by atoms with Crippen molar-refractivity contribution in [3.05, 3.63) is 18.5 Å². The van der Waals surface area contributed by atoms with E-state index in [1.54, 1.807) is 18.1 Å². The molecule has 0 radical (unpaired) electrons. The topological polar surface area (TPSA) is 50.2 Å². The molecule has 1 heterocycles. The molecule has 0 unspecified atom stereocenters. The van der Waals surface area contributed by atoms with Crippen molar-refractivity contribution in [2.75, 3.05) is 26.7 Å². The first-order valence-corrected chi connectivity index (χ1v) is 5.16. The lowest BCUT2D eigenvalue weighted by atomic mass is 10.5. The second kappa shape index (κ2) is 6.19. The number of carbonyl (C=O) groups excluding carboxylic acids is 1. The summed E-state index contributed by atoms with van der Waals surface area (Å²) in [6.07, 6.45) is 3.65. The Balaban J connectivity index is 2.09. The molecule has 0 saturated heterocycles. The summed E-state index contributed by atoms with van der Waals surface area (Å²) in [5, 5.41) is 7.15. The van der Waals surface area contributed by atoms with Crippen molar-refractivity contribution in [2.45, 2.75) is 13.5 Å². The molecule has 0 saturated carbocycles. The van der Waals surface area contributed by atoms with Crippen LogP contribution < -0.4 is 5.32 Å². The van der Waals surface area contributed by atoms with E-state index in [1.807, 2.05) is 23.9 Å². The minimum Gasteiger partial charge on any atom is -0.345 e. The number of carbonyl (C=O) groups is 1. The maximum Gasteiger partial charge on any atom is 0.236 e. The Kier molecular flexibility index (Phi) is 4.83. The summed E-state index contributed by atoms with van der Waals surface area (Å²) in [6.45, 7) is 4.65. The van der Waals surface area contributed by atoms with Gasteiger partial charge in [0.05, 0.1) is 13.1 Å². The molecule has 0 aliphatic carbocycles. The monoisotopic (exact) mass is 210 g/mol. The Morgan fingerprint density at radius 3 is 3.00 bits per heavy atom. The highest BCUT2D eigenvalue weighted by molar-refractivity contribution is 5.77. The van der Waals surface area contributed by atoms with E-state index in [4.69, 9.17) is 0 Å². The smallest absolute Gasteiger partial charge is 0.236 e. The van der Waals surface area contributed by atoms with E-state index in [2.05, 4.69) is 10.4 Å². The van der Waals surface area contributed by atoms with Crippen LogP contribution in [0, 0.1) is 0 Å². The summed E-state index contributed by atoms with van der Waals surface area (Å²) in [7, 11) is 1.80. The van der Waals surface area contributed by atoms with Crippen molar-refractivity contribution >= 4 is 5.91 Å². The lowest BCUT2D eigenvalue weighted by Gasteiger charge is -2.14. The van der Waals surface area contributed by atoms with Gasteiger partial charge in [-0.3, -0.25) is 9.48 Å². The Bertz CT molecular complexity index is 284. The molecule has 1 aromatic rings. The van der Waals surface area contributed by atoms with Gasteiger partial charge in [0, 0.05) is 32.5 Å². The molecule has 1 rings (SSSR count). The zero-order valence-electron chi connectivity index (χ0n) is 9.31. The second-order valence-corrected chi connectivity index (χ2v) is 3.35. The Morgan fingerprint density at radius 1 is 1.60 bits per heavy atom. The molecule has 1 amide bonds. The van der Waals surface area contributed by atoms with Crippen molar-refractivity contribution in [1.82, 2.24) is 20.0 Å². The van der Waals surface area contributed by atoms with E-state index in [1.165, 1.54) is 0 Å². The van der Waals surface area contributed by atoms with Gasteiger partial charge >= 0.3 is 0 Å². The highest BCUT2D eigenvalue weighted by Crippen LogP contribution is 1.84. The standard InChI is InChI=1S/C10H18N4O/c1-3-13(2)10(15)9-11-6-8-14-7-4-5-12-14/h4-5,7,11H,3,6,8-9H2,1-2H3. The molecular formula is C10H18N4O. The normalized spacial score (nSPS) is 10.3. The van der Waals surface area contributed by atoms with Crippen LogP contribution in [0.25, 0.3) is 0 Å². The van der Waals surface area contributed by atoms with Gasteiger partial charge in [-0.05, 0) is 13.0 Å². The van der Waals surface area contributed by atoms with E-state index >= 15 is 0 Å². The van der Waals surface area contributed by atoms with Gasteiger partial charge in [0.1, 0.15) is 0 Å². The van der Waals surface area contributed by atoms with Gasteiger partial charge < -0.3 is 10.2 Å². The number of hydrogen-bond donors (Lipinski definition) is 1. The number of hydrogen-bond acceptors (Lipinski definition) is 3. The summed E-state index contributed by atoms with van der Waals surface area (Å²) in [6, 6.07) is 1.88. The molecular weight excluding hydrogens is 192 g/mol. The lowest BCUT2D eigenvalue weighted by Crippen LogP contribution is -2.36. The summed E-state index contributed by atoms with van der Waals surface area (Å²) in [4.78, 5) is 13.1. The zero-order valence-corrected chi connectivity index (χ0v) is 9.31. The Morgan fingerprint density at radius 2 is 2.40 bits per heavy atom. The van der Waals surface area contributed by atoms with Gasteiger partial charge in [0.15, 0.2) is 0 Å². The average molecular weight is 210 g/mol. The number of rotatable bonds is 6. The van der Waals surface area contributed by atoms with Crippen LogP contribution in [-0.2, 0) is 11.3 Å². The predicted molar refractivity (Wildman–Crippen MR) is 58.4 cm³/mol. The van der Waals surface area contributed by atoms with E-state index in [0.717, 1.165) is 19.6 Å². The van der Waals surface area contributed by atoms with Crippen molar-refractivity contribution in [2.24, 2.45) is 0 Å². The van der Waals surface area contributed by atoms with Gasteiger partial charge in [-0.1, -0.05) is 0 Å². The number of aromatic nitrogens is 2. The van der Waals surface area contributed by atoms with Crippen molar-refractivity contribution in [3.63, 3.8) is 0 Å². The van der Waals surface area contributed by atoms with Gasteiger partial charge in [-0.25, -0.2) is 0 Å². The van der Waals surface area contributed by atoms with Crippen LogP contribution in [0.2, 0.25) is 0 Å². The third-order valence-electron chi connectivity index (χ3n) is 2.25. The first-order chi connectivity index (χ1) is 7.24. The zero-order chi connectivity index (χ0) is 11.1. The molecule has 0 fully saturated rings. The molecule has 0 bridgehead atoms. The van der Waals surface area contributed by atoms with Crippen LogP contribution in [0.4, 0.5) is 0 Å². The number of amides is 1. The SMILES string of the molecule is CCN(C)C(=O)CNCCn1cccn1. The fourth-order valence-corrected chi connectivity index (χ4v) is 1.13. The fourth-order valence-electron chi connectivity index (χ4n) is 1.13. The average Bonchev–Trinajstić information content (AvgIpc) is 2.75. The highest BCUT2D eigenvalue weighted by Gasteiger charge is 2.04. The van der Waals surface area contributed by atoms with Crippen LogP contribution >= 0.6 is 0 Å². The summed E-state index contributed by atoms with van der Waals surface area (Å²) in [5.74, 6) is 0.123. The molecule has 0 aliphatic heterocycles. The van der Waals surface area contributed by atoms with Gasteiger partial charge in [-0.2, -0.15) is 5.10 Å². The molecule has 0 atom stereocenters. The van der Waals surface area contributed by atoms with E-state index in [0.29, 0.717) is 6.54 Å². The molecule has 0 aromatic carbocycles. The van der Waals surface area contributed by atoms with Gasteiger partial charge in [0.25, 0.3) is 0 Å². The predicted octanol–water partition coefficient (Wildman–Crippen LogP) is -0.0490.